The van der Waals surface area contributed by atoms with Crippen LogP contribution < -0.4 is 5.73 Å². The third-order valence-electron chi connectivity index (χ3n) is 2.89. The van der Waals surface area contributed by atoms with Crippen LogP contribution >= 0.6 is 11.6 Å². The van der Waals surface area contributed by atoms with E-state index in [0.29, 0.717) is 10.9 Å². The van der Waals surface area contributed by atoms with Crippen LogP contribution in [-0.2, 0) is 0 Å². The van der Waals surface area contributed by atoms with Crippen LogP contribution in [0.3, 0.4) is 0 Å². The highest BCUT2D eigenvalue weighted by Crippen LogP contribution is 2.43. The number of hydrogen-bond donors (Lipinski definition) is 2. The molecule has 14 heavy (non-hydrogen) atoms. The number of phenolic OH excluding ortho intramolecular Hbond substituents is 1. The fourth-order valence-corrected chi connectivity index (χ4v) is 1.83. The van der Waals surface area contributed by atoms with Gasteiger partial charge in [0, 0.05) is 22.2 Å². The van der Waals surface area contributed by atoms with Crippen molar-refractivity contribution in [2.45, 2.75) is 25.8 Å². The first-order valence-electron chi connectivity index (χ1n) is 4.85. The molecule has 0 radical (unpaired) electrons. The highest BCUT2D eigenvalue weighted by atomic mass is 35.5. The predicted octanol–water partition coefficient (Wildman–Crippen LogP) is 2.76. The van der Waals surface area contributed by atoms with E-state index in [2.05, 4.69) is 0 Å². The first-order valence-corrected chi connectivity index (χ1v) is 5.22. The molecule has 3 heteroatoms. The smallest absolute Gasteiger partial charge is 0.124 e. The summed E-state index contributed by atoms with van der Waals surface area (Å²) in [6.07, 6.45) is 2.34. The largest absolute Gasteiger partial charge is 0.507 e. The molecule has 1 atom stereocenters. The molecule has 1 fully saturated rings. The Balaban J connectivity index is 2.38. The normalized spacial score (nSPS) is 18.2. The van der Waals surface area contributed by atoms with Gasteiger partial charge < -0.3 is 10.8 Å². The monoisotopic (exact) mass is 211 g/mol. The second-order valence-corrected chi connectivity index (χ2v) is 4.38. The first-order chi connectivity index (χ1) is 6.61. The number of hydrogen-bond acceptors (Lipinski definition) is 2. The molecule has 0 spiro atoms. The van der Waals surface area contributed by atoms with Gasteiger partial charge in [0.05, 0.1) is 0 Å². The third kappa shape index (κ3) is 1.60. The van der Waals surface area contributed by atoms with Crippen molar-refractivity contribution in [3.8, 4) is 5.75 Å². The Morgan fingerprint density at radius 3 is 2.71 bits per heavy atom. The highest BCUT2D eigenvalue weighted by molar-refractivity contribution is 6.31. The maximum absolute atomic E-state index is 9.86. The molecule has 0 unspecified atom stereocenters. The summed E-state index contributed by atoms with van der Waals surface area (Å²) in [6.45, 7) is 1.81. The molecule has 0 heterocycles. The first kappa shape index (κ1) is 9.81. The summed E-state index contributed by atoms with van der Waals surface area (Å²) in [5, 5.41) is 10.5. The van der Waals surface area contributed by atoms with Gasteiger partial charge in [-0.1, -0.05) is 17.7 Å². The molecule has 0 aliphatic heterocycles. The summed E-state index contributed by atoms with van der Waals surface area (Å²) in [4.78, 5) is 0. The Labute approximate surface area is 88.7 Å². The van der Waals surface area contributed by atoms with Crippen molar-refractivity contribution in [2.24, 2.45) is 11.7 Å². The lowest BCUT2D eigenvalue weighted by molar-refractivity contribution is 0.452. The van der Waals surface area contributed by atoms with Gasteiger partial charge >= 0.3 is 0 Å². The molecule has 0 bridgehead atoms. The number of rotatable bonds is 2. The molecule has 0 amide bonds. The fraction of sp³-hybridized carbons (Fsp3) is 0.455. The highest BCUT2D eigenvalue weighted by Gasteiger charge is 2.31. The topological polar surface area (TPSA) is 46.2 Å². The van der Waals surface area contributed by atoms with Crippen molar-refractivity contribution in [2.75, 3.05) is 0 Å². The van der Waals surface area contributed by atoms with Crippen LogP contribution in [0.5, 0.6) is 5.75 Å². The van der Waals surface area contributed by atoms with Crippen molar-refractivity contribution in [3.05, 3.63) is 28.3 Å². The lowest BCUT2D eigenvalue weighted by Gasteiger charge is -2.14. The van der Waals surface area contributed by atoms with Gasteiger partial charge in [0.25, 0.3) is 0 Å². The van der Waals surface area contributed by atoms with E-state index in [4.69, 9.17) is 17.3 Å². The molecule has 0 aromatic heterocycles. The Bertz CT molecular complexity index is 361. The van der Waals surface area contributed by atoms with Gasteiger partial charge in [-0.05, 0) is 31.7 Å². The van der Waals surface area contributed by atoms with Crippen molar-refractivity contribution in [3.63, 3.8) is 0 Å². The standard InChI is InChI=1S/C11H14ClNO/c1-6-9(12)5-4-8(11(6)14)10(13)7-2-3-7/h4-5,7,10,14H,2-3,13H2,1H3/t10-/m1/s1. The number of nitrogens with two attached hydrogens (primary N) is 1. The minimum absolute atomic E-state index is 0.0361. The van der Waals surface area contributed by atoms with Gasteiger partial charge in [-0.15, -0.1) is 0 Å². The number of halogens is 1. The van der Waals surface area contributed by atoms with Gasteiger partial charge in [-0.2, -0.15) is 0 Å². The van der Waals surface area contributed by atoms with Gasteiger partial charge in [0.1, 0.15) is 5.75 Å². The summed E-state index contributed by atoms with van der Waals surface area (Å²) in [5.74, 6) is 0.804. The van der Waals surface area contributed by atoms with Crippen LogP contribution in [0.4, 0.5) is 0 Å². The molecule has 0 saturated heterocycles. The summed E-state index contributed by atoms with van der Waals surface area (Å²) in [6, 6.07) is 3.59. The van der Waals surface area contributed by atoms with E-state index in [0.717, 1.165) is 11.1 Å². The summed E-state index contributed by atoms with van der Waals surface area (Å²) >= 11 is 5.88. The van der Waals surface area contributed by atoms with Crippen molar-refractivity contribution >= 4 is 11.6 Å². The minimum atomic E-state index is -0.0361. The zero-order valence-electron chi connectivity index (χ0n) is 8.13. The van der Waals surface area contributed by atoms with Crippen molar-refractivity contribution in [1.29, 1.82) is 0 Å². The van der Waals surface area contributed by atoms with Crippen LogP contribution in [0.1, 0.15) is 30.0 Å². The average Bonchev–Trinajstić information content (AvgIpc) is 2.97. The van der Waals surface area contributed by atoms with Gasteiger partial charge in [-0.3, -0.25) is 0 Å². The third-order valence-corrected chi connectivity index (χ3v) is 3.29. The van der Waals surface area contributed by atoms with Crippen LogP contribution in [0.2, 0.25) is 5.02 Å². The molecular weight excluding hydrogens is 198 g/mol. The fourth-order valence-electron chi connectivity index (χ4n) is 1.67. The molecule has 1 aromatic rings. The van der Waals surface area contributed by atoms with E-state index in [1.165, 1.54) is 12.8 Å². The molecule has 1 aromatic carbocycles. The van der Waals surface area contributed by atoms with Crippen LogP contribution in [0, 0.1) is 12.8 Å². The molecule has 2 nitrogen and oxygen atoms in total. The van der Waals surface area contributed by atoms with E-state index in [-0.39, 0.29) is 11.8 Å². The Hall–Kier alpha value is -0.730. The lowest BCUT2D eigenvalue weighted by Crippen LogP contribution is -2.12. The molecular formula is C11H14ClNO. The maximum Gasteiger partial charge on any atom is 0.124 e. The van der Waals surface area contributed by atoms with Crippen LogP contribution in [0.25, 0.3) is 0 Å². The lowest BCUT2D eigenvalue weighted by atomic mass is 10.00. The summed E-state index contributed by atoms with van der Waals surface area (Å²) < 4.78 is 0. The zero-order valence-corrected chi connectivity index (χ0v) is 8.88. The van der Waals surface area contributed by atoms with E-state index in [1.54, 1.807) is 13.0 Å². The molecule has 2 rings (SSSR count). The molecule has 3 N–H and O–H groups in total. The Kier molecular flexibility index (Phi) is 2.41. The van der Waals surface area contributed by atoms with Gasteiger partial charge in [0.2, 0.25) is 0 Å². The SMILES string of the molecule is Cc1c(Cl)ccc([C@H](N)C2CC2)c1O. The molecule has 1 aliphatic carbocycles. The van der Waals surface area contributed by atoms with Gasteiger partial charge in [-0.25, -0.2) is 0 Å². The predicted molar refractivity (Wildman–Crippen MR) is 57.5 cm³/mol. The summed E-state index contributed by atoms with van der Waals surface area (Å²) in [5.41, 5.74) is 7.57. The quantitative estimate of drug-likeness (QED) is 0.790. The number of benzene rings is 1. The van der Waals surface area contributed by atoms with Gasteiger partial charge in [0.15, 0.2) is 0 Å². The maximum atomic E-state index is 9.86. The molecule has 1 saturated carbocycles. The van der Waals surface area contributed by atoms with Crippen LogP contribution in [0.15, 0.2) is 12.1 Å². The molecule has 1 aliphatic rings. The summed E-state index contributed by atoms with van der Waals surface area (Å²) in [7, 11) is 0. The van der Waals surface area contributed by atoms with E-state index in [9.17, 15) is 5.11 Å². The number of phenols is 1. The number of aromatic hydroxyl groups is 1. The van der Waals surface area contributed by atoms with Crippen molar-refractivity contribution < 1.29 is 5.11 Å². The second kappa shape index (κ2) is 3.44. The average molecular weight is 212 g/mol. The van der Waals surface area contributed by atoms with Crippen molar-refractivity contribution in [1.82, 2.24) is 0 Å². The van der Waals surface area contributed by atoms with Crippen LogP contribution in [-0.4, -0.2) is 5.11 Å². The van der Waals surface area contributed by atoms with E-state index < -0.39 is 0 Å². The van der Waals surface area contributed by atoms with E-state index >= 15 is 0 Å². The minimum Gasteiger partial charge on any atom is -0.507 e. The Morgan fingerprint density at radius 2 is 2.14 bits per heavy atom. The second-order valence-electron chi connectivity index (χ2n) is 3.97. The zero-order chi connectivity index (χ0) is 10.3. The van der Waals surface area contributed by atoms with E-state index in [1.807, 2.05) is 6.07 Å². The molecule has 76 valence electrons. The Morgan fingerprint density at radius 1 is 1.50 bits per heavy atom.